The van der Waals surface area contributed by atoms with Crippen LogP contribution in [-0.2, 0) is 16.0 Å². The van der Waals surface area contributed by atoms with Crippen molar-refractivity contribution >= 4 is 17.0 Å². The fraction of sp³-hybridized carbons (Fsp3) is 0.600. The van der Waals surface area contributed by atoms with Crippen LogP contribution in [0.25, 0.3) is 22.3 Å². The summed E-state index contributed by atoms with van der Waals surface area (Å²) >= 11 is 0. The van der Waals surface area contributed by atoms with Crippen molar-refractivity contribution in [2.24, 2.45) is 5.41 Å². The molecule has 1 atom stereocenters. The Bertz CT molecular complexity index is 1290. The number of hydrogen-bond donors (Lipinski definition) is 1. The maximum atomic E-state index is 13.7. The van der Waals surface area contributed by atoms with E-state index >= 15 is 0 Å². The molecule has 10 nitrogen and oxygen atoms in total. The van der Waals surface area contributed by atoms with Gasteiger partial charge in [-0.2, -0.15) is 0 Å². The number of rotatable bonds is 14. The Morgan fingerprint density at radius 3 is 2.67 bits per heavy atom. The second-order valence-corrected chi connectivity index (χ2v) is 11.2. The Morgan fingerprint density at radius 2 is 1.95 bits per heavy atom. The third kappa shape index (κ3) is 7.77. The van der Waals surface area contributed by atoms with Gasteiger partial charge < -0.3 is 24.4 Å². The second-order valence-electron chi connectivity index (χ2n) is 11.2. The highest BCUT2D eigenvalue weighted by molar-refractivity contribution is 5.78. The summed E-state index contributed by atoms with van der Waals surface area (Å²) in [7, 11) is 1.59. The van der Waals surface area contributed by atoms with E-state index in [4.69, 9.17) is 14.2 Å². The van der Waals surface area contributed by atoms with E-state index < -0.39 is 0 Å². The molecule has 0 radical (unpaired) electrons. The fourth-order valence-electron chi connectivity index (χ4n) is 5.20. The summed E-state index contributed by atoms with van der Waals surface area (Å²) in [6.45, 7) is 14.3. The number of nitrogens with one attached hydrogen (secondary N) is 1. The number of pyridine rings is 2. The van der Waals surface area contributed by atoms with Crippen LogP contribution in [0.15, 0.2) is 35.4 Å². The molecule has 1 aliphatic heterocycles. The van der Waals surface area contributed by atoms with E-state index in [0.29, 0.717) is 55.3 Å². The summed E-state index contributed by atoms with van der Waals surface area (Å²) in [5, 5.41) is 3.37. The van der Waals surface area contributed by atoms with E-state index in [1.165, 1.54) is 0 Å². The van der Waals surface area contributed by atoms with Gasteiger partial charge >= 0.3 is 0 Å². The number of hydrogen-bond acceptors (Lipinski definition) is 9. The summed E-state index contributed by atoms with van der Waals surface area (Å²) < 4.78 is 18.5. The number of methoxy groups -OCH3 is 1. The molecule has 1 N–H and O–H groups in total. The number of piperidine rings is 1. The summed E-state index contributed by atoms with van der Waals surface area (Å²) in [4.78, 5) is 29.8. The molecule has 1 aliphatic rings. The summed E-state index contributed by atoms with van der Waals surface area (Å²) in [5.41, 5.74) is 2.65. The van der Waals surface area contributed by atoms with Gasteiger partial charge in [-0.05, 0) is 50.3 Å². The Morgan fingerprint density at radius 1 is 1.12 bits per heavy atom. The van der Waals surface area contributed by atoms with Crippen LogP contribution in [0.3, 0.4) is 0 Å². The highest BCUT2D eigenvalue weighted by atomic mass is 16.5. The molecular weight excluding hydrogens is 508 g/mol. The van der Waals surface area contributed by atoms with Crippen LogP contribution in [0, 0.1) is 5.41 Å². The van der Waals surface area contributed by atoms with Crippen LogP contribution < -0.4 is 15.6 Å². The first kappa shape index (κ1) is 29.9. The Kier molecular flexibility index (Phi) is 10.5. The third-order valence-corrected chi connectivity index (χ3v) is 7.14. The van der Waals surface area contributed by atoms with Gasteiger partial charge in [0.15, 0.2) is 11.5 Å². The minimum absolute atomic E-state index is 0.0785. The first-order chi connectivity index (χ1) is 19.3. The lowest BCUT2D eigenvalue weighted by Gasteiger charge is -2.38. The Labute approximate surface area is 237 Å². The third-order valence-electron chi connectivity index (χ3n) is 7.14. The number of likely N-dealkylation sites (tertiary alicyclic amines) is 1. The van der Waals surface area contributed by atoms with Gasteiger partial charge in [0.25, 0.3) is 5.56 Å². The van der Waals surface area contributed by atoms with E-state index in [0.717, 1.165) is 56.6 Å². The molecule has 1 fully saturated rings. The van der Waals surface area contributed by atoms with Crippen molar-refractivity contribution in [3.8, 4) is 17.0 Å². The molecule has 0 aliphatic carbocycles. The van der Waals surface area contributed by atoms with E-state index in [2.05, 4.69) is 52.9 Å². The number of aromatic nitrogens is 4. The average Bonchev–Trinajstić information content (AvgIpc) is 2.95. The molecule has 0 spiro atoms. The van der Waals surface area contributed by atoms with Crippen LogP contribution in [0.1, 0.15) is 47.0 Å². The maximum absolute atomic E-state index is 13.7. The van der Waals surface area contributed by atoms with Gasteiger partial charge in [0.2, 0.25) is 5.88 Å². The molecule has 1 unspecified atom stereocenters. The van der Waals surface area contributed by atoms with Crippen LogP contribution in [-0.4, -0.2) is 83.6 Å². The van der Waals surface area contributed by atoms with E-state index in [1.54, 1.807) is 30.1 Å². The quantitative estimate of drug-likeness (QED) is 0.294. The van der Waals surface area contributed by atoms with Gasteiger partial charge in [-0.1, -0.05) is 20.8 Å². The van der Waals surface area contributed by atoms with E-state index in [9.17, 15) is 4.79 Å². The lowest BCUT2D eigenvalue weighted by molar-refractivity contribution is -0.00269. The van der Waals surface area contributed by atoms with Gasteiger partial charge in [0, 0.05) is 69.0 Å². The van der Waals surface area contributed by atoms with Crippen LogP contribution >= 0.6 is 0 Å². The smallest absolute Gasteiger partial charge is 0.293 e. The molecule has 4 heterocycles. The Balaban J connectivity index is 1.56. The van der Waals surface area contributed by atoms with Crippen molar-refractivity contribution in [1.82, 2.24) is 24.4 Å². The van der Waals surface area contributed by atoms with Gasteiger partial charge in [0.1, 0.15) is 0 Å². The van der Waals surface area contributed by atoms with Crippen molar-refractivity contribution in [1.29, 1.82) is 0 Å². The lowest BCUT2D eigenvalue weighted by atomic mass is 9.91. The molecule has 0 amide bonds. The number of ether oxygens (including phenoxy) is 3. The number of nitrogens with zero attached hydrogens (tertiary/aromatic N) is 5. The molecule has 3 aromatic rings. The van der Waals surface area contributed by atoms with Gasteiger partial charge in [-0.3, -0.25) is 9.36 Å². The molecular formula is C30H44N6O4. The molecule has 1 saturated heterocycles. The zero-order valence-corrected chi connectivity index (χ0v) is 24.6. The first-order valence-corrected chi connectivity index (χ1v) is 14.4. The van der Waals surface area contributed by atoms with Gasteiger partial charge in [-0.15, -0.1) is 0 Å². The molecule has 0 aromatic carbocycles. The molecule has 10 heteroatoms. The minimum atomic E-state index is -0.176. The zero-order chi connectivity index (χ0) is 28.5. The standard InChI is InChI=1S/C30H44N6O4/c1-6-14-39-15-13-36-25-16-23(22-10-11-26(38-5)31-17-22)18-32-27(25)34-28(29(36)37)33-20-30(3,4)21-35-12-8-9-24(19-35)40-7-2/h10-11,16-18,24H,6-9,12-15,19-21H2,1-5H3,(H,32,33,34). The summed E-state index contributed by atoms with van der Waals surface area (Å²) in [5.74, 6) is 0.852. The van der Waals surface area contributed by atoms with Crippen molar-refractivity contribution < 1.29 is 14.2 Å². The predicted molar refractivity (Wildman–Crippen MR) is 158 cm³/mol. The molecule has 0 bridgehead atoms. The monoisotopic (exact) mass is 552 g/mol. The van der Waals surface area contributed by atoms with Crippen LogP contribution in [0.2, 0.25) is 0 Å². The highest BCUT2D eigenvalue weighted by Gasteiger charge is 2.27. The molecule has 40 heavy (non-hydrogen) atoms. The van der Waals surface area contributed by atoms with Crippen LogP contribution in [0.4, 0.5) is 5.82 Å². The summed E-state index contributed by atoms with van der Waals surface area (Å²) in [6, 6.07) is 5.67. The molecule has 4 rings (SSSR count). The summed E-state index contributed by atoms with van der Waals surface area (Å²) in [6.07, 6.45) is 6.99. The van der Waals surface area contributed by atoms with Gasteiger partial charge in [0.05, 0.1) is 25.3 Å². The number of anilines is 1. The van der Waals surface area contributed by atoms with Crippen molar-refractivity contribution in [3.63, 3.8) is 0 Å². The normalized spacial score (nSPS) is 16.4. The largest absolute Gasteiger partial charge is 0.481 e. The second kappa shape index (κ2) is 14.0. The average molecular weight is 553 g/mol. The molecule has 218 valence electrons. The topological polar surface area (TPSA) is 104 Å². The lowest BCUT2D eigenvalue weighted by Crippen LogP contribution is -2.46. The van der Waals surface area contributed by atoms with E-state index in [1.807, 2.05) is 12.1 Å². The zero-order valence-electron chi connectivity index (χ0n) is 24.6. The molecule has 0 saturated carbocycles. The first-order valence-electron chi connectivity index (χ1n) is 14.4. The maximum Gasteiger partial charge on any atom is 0.293 e. The van der Waals surface area contributed by atoms with Crippen molar-refractivity contribution in [2.75, 3.05) is 58.4 Å². The molecule has 3 aromatic heterocycles. The van der Waals surface area contributed by atoms with Crippen LogP contribution in [0.5, 0.6) is 5.88 Å². The SMILES string of the molecule is CCCOCCn1c(=O)c(NCC(C)(C)CN2CCCC(OCC)C2)nc2ncc(-c3ccc(OC)nc3)cc21. The highest BCUT2D eigenvalue weighted by Crippen LogP contribution is 2.24. The fourth-order valence-corrected chi connectivity index (χ4v) is 5.20. The van der Waals surface area contributed by atoms with E-state index in [-0.39, 0.29) is 11.0 Å². The predicted octanol–water partition coefficient (Wildman–Crippen LogP) is 4.23. The Hall–Kier alpha value is -3.08. The minimum Gasteiger partial charge on any atom is -0.481 e. The van der Waals surface area contributed by atoms with Gasteiger partial charge in [-0.25, -0.2) is 15.0 Å². The van der Waals surface area contributed by atoms with Crippen molar-refractivity contribution in [2.45, 2.75) is 59.6 Å². The number of fused-ring (bicyclic) bond motifs is 1. The van der Waals surface area contributed by atoms with Crippen molar-refractivity contribution in [3.05, 3.63) is 40.9 Å².